The Bertz CT molecular complexity index is 281. The zero-order valence-corrected chi connectivity index (χ0v) is 10.4. The Balaban J connectivity index is 2.47. The third-order valence-corrected chi connectivity index (χ3v) is 3.43. The van der Waals surface area contributed by atoms with E-state index in [0.29, 0.717) is 19.0 Å². The lowest BCUT2D eigenvalue weighted by atomic mass is 9.96. The second-order valence-electron chi connectivity index (χ2n) is 4.88. The molecule has 1 heterocycles. The molecule has 1 rings (SSSR count). The number of amides is 1. The number of hydrogen-bond acceptors (Lipinski definition) is 3. The molecule has 0 aliphatic carbocycles. The van der Waals surface area contributed by atoms with Gasteiger partial charge in [0.2, 0.25) is 5.91 Å². The summed E-state index contributed by atoms with van der Waals surface area (Å²) in [7, 11) is 0. The van der Waals surface area contributed by atoms with Gasteiger partial charge in [0, 0.05) is 24.9 Å². The first-order valence-corrected chi connectivity index (χ1v) is 6.26. The molecule has 3 N–H and O–H groups in total. The van der Waals surface area contributed by atoms with Crippen molar-refractivity contribution >= 4 is 11.9 Å². The van der Waals surface area contributed by atoms with E-state index in [-0.39, 0.29) is 18.2 Å². The van der Waals surface area contributed by atoms with E-state index >= 15 is 0 Å². The van der Waals surface area contributed by atoms with Crippen LogP contribution in [0.3, 0.4) is 0 Å². The number of carbonyl (C=O) groups excluding carboxylic acids is 1. The second-order valence-corrected chi connectivity index (χ2v) is 4.88. The molecule has 0 saturated carbocycles. The molecule has 1 aliphatic rings. The molecular formula is C12H22N2O3. The van der Waals surface area contributed by atoms with Crippen molar-refractivity contribution in [2.75, 3.05) is 13.1 Å². The normalized spacial score (nSPS) is 23.2. The van der Waals surface area contributed by atoms with Crippen LogP contribution in [0.4, 0.5) is 0 Å². The first-order chi connectivity index (χ1) is 8.00. The van der Waals surface area contributed by atoms with Crippen LogP contribution in [0.1, 0.15) is 39.0 Å². The van der Waals surface area contributed by atoms with Gasteiger partial charge in [0.25, 0.3) is 0 Å². The maximum absolute atomic E-state index is 11.0. The third-order valence-electron chi connectivity index (χ3n) is 3.43. The molecule has 1 saturated heterocycles. The predicted octanol–water partition coefficient (Wildman–Crippen LogP) is 0.827. The Hall–Kier alpha value is -1.10. The standard InChI is InChI=1S/C12H22N2O3/c1-9(12(13)17)8-14-7-3-2-4-10(14)5-6-11(15)16/h9-10H,2-8H2,1H3,(H2,13,17)(H,15,16). The number of primary amides is 1. The summed E-state index contributed by atoms with van der Waals surface area (Å²) in [6.45, 7) is 3.42. The number of carbonyl (C=O) groups is 2. The van der Waals surface area contributed by atoms with Crippen LogP contribution in [-0.4, -0.2) is 41.0 Å². The fourth-order valence-corrected chi connectivity index (χ4v) is 2.36. The number of rotatable bonds is 6. The van der Waals surface area contributed by atoms with E-state index in [4.69, 9.17) is 10.8 Å². The number of carboxylic acids is 1. The number of aliphatic carboxylic acids is 1. The largest absolute Gasteiger partial charge is 0.481 e. The molecule has 1 aliphatic heterocycles. The van der Waals surface area contributed by atoms with E-state index in [0.717, 1.165) is 25.8 Å². The fourth-order valence-electron chi connectivity index (χ4n) is 2.36. The van der Waals surface area contributed by atoms with Crippen molar-refractivity contribution in [2.45, 2.75) is 45.1 Å². The van der Waals surface area contributed by atoms with Crippen LogP contribution in [0, 0.1) is 5.92 Å². The molecule has 1 fully saturated rings. The summed E-state index contributed by atoms with van der Waals surface area (Å²) < 4.78 is 0. The molecule has 5 nitrogen and oxygen atoms in total. The van der Waals surface area contributed by atoms with Gasteiger partial charge in [-0.05, 0) is 25.8 Å². The van der Waals surface area contributed by atoms with Gasteiger partial charge in [-0.1, -0.05) is 13.3 Å². The minimum atomic E-state index is -0.751. The average molecular weight is 242 g/mol. The van der Waals surface area contributed by atoms with Gasteiger partial charge in [0.05, 0.1) is 0 Å². The summed E-state index contributed by atoms with van der Waals surface area (Å²) in [5.41, 5.74) is 5.26. The van der Waals surface area contributed by atoms with Crippen molar-refractivity contribution in [2.24, 2.45) is 11.7 Å². The van der Waals surface area contributed by atoms with Crippen molar-refractivity contribution in [1.82, 2.24) is 4.90 Å². The number of carboxylic acid groups (broad SMARTS) is 1. The van der Waals surface area contributed by atoms with Gasteiger partial charge in [-0.25, -0.2) is 0 Å². The second kappa shape index (κ2) is 6.59. The number of hydrogen-bond donors (Lipinski definition) is 2. The third kappa shape index (κ3) is 4.73. The van der Waals surface area contributed by atoms with Gasteiger partial charge in [-0.3, -0.25) is 14.5 Å². The number of nitrogens with zero attached hydrogens (tertiary/aromatic N) is 1. The maximum Gasteiger partial charge on any atom is 0.303 e. The number of likely N-dealkylation sites (tertiary alicyclic amines) is 1. The van der Waals surface area contributed by atoms with Gasteiger partial charge in [-0.2, -0.15) is 0 Å². The highest BCUT2D eigenvalue weighted by atomic mass is 16.4. The van der Waals surface area contributed by atoms with Crippen LogP contribution < -0.4 is 5.73 Å². The molecule has 0 radical (unpaired) electrons. The maximum atomic E-state index is 11.0. The van der Waals surface area contributed by atoms with Crippen molar-refractivity contribution in [1.29, 1.82) is 0 Å². The topological polar surface area (TPSA) is 83.6 Å². The lowest BCUT2D eigenvalue weighted by molar-refractivity contribution is -0.137. The number of piperidine rings is 1. The average Bonchev–Trinajstić information content (AvgIpc) is 2.27. The molecule has 0 aromatic carbocycles. The van der Waals surface area contributed by atoms with Crippen LogP contribution in [0.2, 0.25) is 0 Å². The summed E-state index contributed by atoms with van der Waals surface area (Å²) in [4.78, 5) is 23.9. The zero-order chi connectivity index (χ0) is 12.8. The van der Waals surface area contributed by atoms with Gasteiger partial charge in [-0.15, -0.1) is 0 Å². The van der Waals surface area contributed by atoms with Gasteiger partial charge in [0.15, 0.2) is 0 Å². The molecule has 2 unspecified atom stereocenters. The smallest absolute Gasteiger partial charge is 0.303 e. The first kappa shape index (κ1) is 14.0. The Morgan fingerprint density at radius 3 is 2.76 bits per heavy atom. The van der Waals surface area contributed by atoms with Crippen LogP contribution in [0.25, 0.3) is 0 Å². The summed E-state index contributed by atoms with van der Waals surface area (Å²) in [6.07, 6.45) is 4.16. The first-order valence-electron chi connectivity index (χ1n) is 6.26. The van der Waals surface area contributed by atoms with Crippen molar-refractivity contribution in [3.63, 3.8) is 0 Å². The molecule has 2 atom stereocenters. The van der Waals surface area contributed by atoms with Crippen LogP contribution in [-0.2, 0) is 9.59 Å². The molecule has 0 aromatic heterocycles. The van der Waals surface area contributed by atoms with Crippen molar-refractivity contribution in [3.8, 4) is 0 Å². The van der Waals surface area contributed by atoms with Gasteiger partial charge >= 0.3 is 5.97 Å². The molecule has 0 bridgehead atoms. The zero-order valence-electron chi connectivity index (χ0n) is 10.4. The SMILES string of the molecule is CC(CN1CCCCC1CCC(=O)O)C(N)=O. The highest BCUT2D eigenvalue weighted by Crippen LogP contribution is 2.21. The van der Waals surface area contributed by atoms with E-state index in [1.165, 1.54) is 0 Å². The fraction of sp³-hybridized carbons (Fsp3) is 0.833. The monoisotopic (exact) mass is 242 g/mol. The van der Waals surface area contributed by atoms with E-state index in [9.17, 15) is 9.59 Å². The molecule has 98 valence electrons. The van der Waals surface area contributed by atoms with Crippen LogP contribution in [0.5, 0.6) is 0 Å². The Morgan fingerprint density at radius 2 is 2.18 bits per heavy atom. The van der Waals surface area contributed by atoms with E-state index in [1.807, 2.05) is 6.92 Å². The lowest BCUT2D eigenvalue weighted by Crippen LogP contribution is -2.44. The molecule has 0 spiro atoms. The van der Waals surface area contributed by atoms with E-state index in [1.54, 1.807) is 0 Å². The Morgan fingerprint density at radius 1 is 1.47 bits per heavy atom. The van der Waals surface area contributed by atoms with Crippen LogP contribution in [0.15, 0.2) is 0 Å². The summed E-state index contributed by atoms with van der Waals surface area (Å²) in [5.74, 6) is -1.20. The molecule has 17 heavy (non-hydrogen) atoms. The number of nitrogens with two attached hydrogens (primary N) is 1. The minimum Gasteiger partial charge on any atom is -0.481 e. The van der Waals surface area contributed by atoms with E-state index < -0.39 is 5.97 Å². The predicted molar refractivity (Wildman–Crippen MR) is 64.4 cm³/mol. The van der Waals surface area contributed by atoms with Crippen molar-refractivity contribution < 1.29 is 14.7 Å². The molecule has 5 heteroatoms. The quantitative estimate of drug-likeness (QED) is 0.722. The van der Waals surface area contributed by atoms with Crippen LogP contribution >= 0.6 is 0 Å². The highest BCUT2D eigenvalue weighted by molar-refractivity contribution is 5.76. The Labute approximate surface area is 102 Å². The van der Waals surface area contributed by atoms with Crippen molar-refractivity contribution in [3.05, 3.63) is 0 Å². The van der Waals surface area contributed by atoms with E-state index in [2.05, 4.69) is 4.90 Å². The molecule has 1 amide bonds. The lowest BCUT2D eigenvalue weighted by Gasteiger charge is -2.36. The molecular weight excluding hydrogens is 220 g/mol. The minimum absolute atomic E-state index is 0.166. The Kier molecular flexibility index (Phi) is 5.41. The summed E-state index contributed by atoms with van der Waals surface area (Å²) in [6, 6.07) is 0.293. The van der Waals surface area contributed by atoms with Gasteiger partial charge < -0.3 is 10.8 Å². The molecule has 0 aromatic rings. The summed E-state index contributed by atoms with van der Waals surface area (Å²) >= 11 is 0. The highest BCUT2D eigenvalue weighted by Gasteiger charge is 2.25. The summed E-state index contributed by atoms with van der Waals surface area (Å²) in [5, 5.41) is 8.71. The van der Waals surface area contributed by atoms with Gasteiger partial charge in [0.1, 0.15) is 0 Å².